The minimum absolute atomic E-state index is 0.00667. The molecule has 17 heavy (non-hydrogen) atoms. The zero-order chi connectivity index (χ0) is 13.3. The van der Waals surface area contributed by atoms with E-state index in [1.54, 1.807) is 13.0 Å². The fourth-order valence-electron chi connectivity index (χ4n) is 2.03. The number of hydrogen-bond acceptors (Lipinski definition) is 2. The van der Waals surface area contributed by atoms with Gasteiger partial charge >= 0.3 is 5.97 Å². The Morgan fingerprint density at radius 1 is 1.47 bits per heavy atom. The molecule has 0 aliphatic heterocycles. The summed E-state index contributed by atoms with van der Waals surface area (Å²) >= 11 is 0. The number of rotatable bonds is 3. The highest BCUT2D eigenvalue weighted by atomic mass is 16.4. The van der Waals surface area contributed by atoms with Gasteiger partial charge in [-0.25, -0.2) is 0 Å². The van der Waals surface area contributed by atoms with Crippen molar-refractivity contribution in [2.45, 2.75) is 52.6 Å². The summed E-state index contributed by atoms with van der Waals surface area (Å²) in [5.74, 6) is -0.804. The molecule has 3 heteroatoms. The van der Waals surface area contributed by atoms with Crippen LogP contribution in [0, 0.1) is 5.41 Å². The molecule has 0 aromatic rings. The highest BCUT2D eigenvalue weighted by Gasteiger charge is 2.29. The van der Waals surface area contributed by atoms with Crippen LogP contribution >= 0.6 is 0 Å². The molecule has 0 heterocycles. The van der Waals surface area contributed by atoms with Crippen molar-refractivity contribution in [1.82, 2.24) is 0 Å². The molecule has 1 aliphatic carbocycles. The monoisotopic (exact) mass is 238 g/mol. The maximum absolute atomic E-state index is 10.6. The molecule has 3 nitrogen and oxygen atoms in total. The molecule has 0 saturated heterocycles. The van der Waals surface area contributed by atoms with E-state index in [2.05, 4.69) is 20.8 Å². The van der Waals surface area contributed by atoms with Crippen molar-refractivity contribution in [3.63, 3.8) is 0 Å². The van der Waals surface area contributed by atoms with E-state index < -0.39 is 11.6 Å². The van der Waals surface area contributed by atoms with Gasteiger partial charge in [-0.15, -0.1) is 0 Å². The van der Waals surface area contributed by atoms with E-state index in [-0.39, 0.29) is 11.8 Å². The minimum atomic E-state index is -0.856. The lowest BCUT2D eigenvalue weighted by molar-refractivity contribution is -0.136. The molecule has 0 saturated carbocycles. The zero-order valence-electron chi connectivity index (χ0n) is 11.1. The third-order valence-corrected chi connectivity index (χ3v) is 3.00. The number of hydrogen-bond donors (Lipinski definition) is 2. The first kappa shape index (κ1) is 14.0. The zero-order valence-corrected chi connectivity index (χ0v) is 11.1. The van der Waals surface area contributed by atoms with Gasteiger partial charge in [-0.1, -0.05) is 32.4 Å². The van der Waals surface area contributed by atoms with E-state index in [9.17, 15) is 9.90 Å². The third-order valence-electron chi connectivity index (χ3n) is 3.00. The summed E-state index contributed by atoms with van der Waals surface area (Å²) in [5.41, 5.74) is 1.25. The molecule has 1 aliphatic rings. The van der Waals surface area contributed by atoms with Gasteiger partial charge in [0, 0.05) is 12.8 Å². The van der Waals surface area contributed by atoms with Crippen LogP contribution in [0.5, 0.6) is 0 Å². The first-order valence-electron chi connectivity index (χ1n) is 5.97. The van der Waals surface area contributed by atoms with Crippen molar-refractivity contribution < 1.29 is 15.0 Å². The number of carbonyl (C=O) groups is 1. The van der Waals surface area contributed by atoms with E-state index in [1.807, 2.05) is 6.08 Å². The van der Waals surface area contributed by atoms with Crippen molar-refractivity contribution in [3.8, 4) is 0 Å². The molecule has 1 rings (SSSR count). The number of aliphatic hydroxyl groups is 1. The number of carboxylic acids is 1. The lowest BCUT2D eigenvalue weighted by Crippen LogP contribution is -2.28. The normalized spacial score (nSPS) is 25.2. The Hall–Kier alpha value is -1.09. The summed E-state index contributed by atoms with van der Waals surface area (Å²) in [6.45, 7) is 8.09. The summed E-state index contributed by atoms with van der Waals surface area (Å²) in [5, 5.41) is 18.9. The van der Waals surface area contributed by atoms with Crippen LogP contribution in [-0.2, 0) is 4.79 Å². The Morgan fingerprint density at radius 2 is 2.06 bits per heavy atom. The Kier molecular flexibility index (Phi) is 3.82. The second-order valence-electron chi connectivity index (χ2n) is 6.07. The van der Waals surface area contributed by atoms with Gasteiger partial charge in [0.15, 0.2) is 0 Å². The predicted molar refractivity (Wildman–Crippen MR) is 67.7 cm³/mol. The van der Waals surface area contributed by atoms with Gasteiger partial charge in [0.1, 0.15) is 0 Å². The van der Waals surface area contributed by atoms with Crippen LogP contribution in [-0.4, -0.2) is 21.8 Å². The SMILES string of the molecule is CC1(O)C=C(CCC(=O)O)C=C(C(C)(C)C)C1. The molecule has 1 unspecified atom stereocenters. The van der Waals surface area contributed by atoms with Gasteiger partial charge in [0.2, 0.25) is 0 Å². The molecule has 0 fully saturated rings. The maximum Gasteiger partial charge on any atom is 0.303 e. The summed E-state index contributed by atoms with van der Waals surface area (Å²) in [6, 6.07) is 0. The Balaban J connectivity index is 2.90. The van der Waals surface area contributed by atoms with E-state index in [0.29, 0.717) is 12.8 Å². The average molecular weight is 238 g/mol. The summed E-state index contributed by atoms with van der Waals surface area (Å²) in [7, 11) is 0. The van der Waals surface area contributed by atoms with Gasteiger partial charge < -0.3 is 10.2 Å². The van der Waals surface area contributed by atoms with Gasteiger partial charge in [0.05, 0.1) is 5.60 Å². The summed E-state index contributed by atoms with van der Waals surface area (Å²) < 4.78 is 0. The van der Waals surface area contributed by atoms with Crippen LogP contribution < -0.4 is 0 Å². The molecule has 0 amide bonds. The first-order chi connectivity index (χ1) is 7.60. The molecule has 0 radical (unpaired) electrons. The molecule has 0 aromatic heterocycles. The molecular weight excluding hydrogens is 216 g/mol. The third kappa shape index (κ3) is 4.35. The highest BCUT2D eigenvalue weighted by molar-refractivity contribution is 5.67. The van der Waals surface area contributed by atoms with Crippen molar-refractivity contribution >= 4 is 5.97 Å². The Morgan fingerprint density at radius 3 is 2.53 bits per heavy atom. The number of carboxylic acid groups (broad SMARTS) is 1. The largest absolute Gasteiger partial charge is 0.481 e. The van der Waals surface area contributed by atoms with Crippen LogP contribution in [0.15, 0.2) is 23.3 Å². The summed E-state index contributed by atoms with van der Waals surface area (Å²) in [4.78, 5) is 10.6. The quantitative estimate of drug-likeness (QED) is 0.794. The van der Waals surface area contributed by atoms with Gasteiger partial charge in [-0.05, 0) is 30.4 Å². The van der Waals surface area contributed by atoms with E-state index >= 15 is 0 Å². The van der Waals surface area contributed by atoms with Gasteiger partial charge in [0.25, 0.3) is 0 Å². The van der Waals surface area contributed by atoms with Crippen LogP contribution in [0.2, 0.25) is 0 Å². The van der Waals surface area contributed by atoms with Crippen LogP contribution in [0.4, 0.5) is 0 Å². The standard InChI is InChI=1S/C14H22O3/c1-13(2,3)11-7-10(5-6-12(15)16)8-14(4,17)9-11/h7-8,17H,5-6,9H2,1-4H3,(H,15,16). The first-order valence-corrected chi connectivity index (χ1v) is 5.97. The van der Waals surface area contributed by atoms with Crippen molar-refractivity contribution in [2.75, 3.05) is 0 Å². The van der Waals surface area contributed by atoms with E-state index in [4.69, 9.17) is 5.11 Å². The lowest BCUT2D eigenvalue weighted by atomic mass is 9.75. The number of aliphatic carboxylic acids is 1. The molecule has 2 N–H and O–H groups in total. The Bertz CT molecular complexity index is 367. The van der Waals surface area contributed by atoms with Gasteiger partial charge in [-0.2, -0.15) is 0 Å². The van der Waals surface area contributed by atoms with Crippen molar-refractivity contribution in [2.24, 2.45) is 5.41 Å². The predicted octanol–water partition coefficient (Wildman–Crippen LogP) is 2.90. The lowest BCUT2D eigenvalue weighted by Gasteiger charge is -2.33. The molecule has 0 spiro atoms. The smallest absolute Gasteiger partial charge is 0.303 e. The number of allylic oxidation sites excluding steroid dienone is 2. The molecule has 96 valence electrons. The van der Waals surface area contributed by atoms with Crippen LogP contribution in [0.1, 0.15) is 47.0 Å². The van der Waals surface area contributed by atoms with E-state index in [0.717, 1.165) is 5.57 Å². The molecule has 0 bridgehead atoms. The Labute approximate surface area is 103 Å². The van der Waals surface area contributed by atoms with Gasteiger partial charge in [-0.3, -0.25) is 4.79 Å². The topological polar surface area (TPSA) is 57.5 Å². The van der Waals surface area contributed by atoms with Crippen LogP contribution in [0.3, 0.4) is 0 Å². The molecule has 0 aromatic carbocycles. The minimum Gasteiger partial charge on any atom is -0.481 e. The average Bonchev–Trinajstić information content (AvgIpc) is 2.10. The molecular formula is C14H22O3. The highest BCUT2D eigenvalue weighted by Crippen LogP contribution is 2.37. The second kappa shape index (κ2) is 4.65. The van der Waals surface area contributed by atoms with E-state index in [1.165, 1.54) is 5.57 Å². The summed E-state index contributed by atoms with van der Waals surface area (Å²) in [6.07, 6.45) is 5.03. The van der Waals surface area contributed by atoms with Crippen molar-refractivity contribution in [3.05, 3.63) is 23.3 Å². The fourth-order valence-corrected chi connectivity index (χ4v) is 2.03. The fraction of sp³-hybridized carbons (Fsp3) is 0.643. The van der Waals surface area contributed by atoms with Crippen molar-refractivity contribution in [1.29, 1.82) is 0 Å². The van der Waals surface area contributed by atoms with Crippen LogP contribution in [0.25, 0.3) is 0 Å². The second-order valence-corrected chi connectivity index (χ2v) is 6.07. The molecule has 1 atom stereocenters. The maximum atomic E-state index is 10.6.